The minimum absolute atomic E-state index is 0.195. The Kier molecular flexibility index (Phi) is 3.73. The van der Waals surface area contributed by atoms with Gasteiger partial charge in [-0.05, 0) is 48.7 Å². The van der Waals surface area contributed by atoms with Crippen molar-refractivity contribution in [3.8, 4) is 0 Å². The summed E-state index contributed by atoms with van der Waals surface area (Å²) in [6.45, 7) is 3.77. The van der Waals surface area contributed by atoms with E-state index in [2.05, 4.69) is 40.0 Å². The van der Waals surface area contributed by atoms with Crippen molar-refractivity contribution < 1.29 is 4.39 Å². The molecule has 2 heterocycles. The first-order valence-corrected chi connectivity index (χ1v) is 8.12. The van der Waals surface area contributed by atoms with Crippen LogP contribution in [0.3, 0.4) is 0 Å². The fraction of sp³-hybridized carbons (Fsp3) is 0.200. The van der Waals surface area contributed by atoms with Crippen molar-refractivity contribution in [2.24, 2.45) is 0 Å². The van der Waals surface area contributed by atoms with Gasteiger partial charge in [0, 0.05) is 18.5 Å². The highest BCUT2D eigenvalue weighted by Gasteiger charge is 2.17. The second-order valence-corrected chi connectivity index (χ2v) is 6.15. The van der Waals surface area contributed by atoms with Crippen LogP contribution in [0.15, 0.2) is 54.9 Å². The topological polar surface area (TPSA) is 29.0 Å². The summed E-state index contributed by atoms with van der Waals surface area (Å²) in [5, 5.41) is 1.09. The highest BCUT2D eigenvalue weighted by atomic mass is 19.1. The maximum atomic E-state index is 13.1. The van der Waals surface area contributed by atoms with Gasteiger partial charge in [-0.25, -0.2) is 14.4 Å². The van der Waals surface area contributed by atoms with Gasteiger partial charge in [-0.2, -0.15) is 0 Å². The molecular weight excluding hydrogens is 301 g/mol. The molecule has 0 unspecified atom stereocenters. The highest BCUT2D eigenvalue weighted by molar-refractivity contribution is 5.90. The molecule has 4 rings (SSSR count). The Morgan fingerprint density at radius 2 is 1.88 bits per heavy atom. The van der Waals surface area contributed by atoms with Crippen molar-refractivity contribution in [1.29, 1.82) is 0 Å². The first-order valence-electron chi connectivity index (χ1n) is 8.12. The minimum atomic E-state index is -0.195. The van der Waals surface area contributed by atoms with Crippen LogP contribution in [0.4, 0.5) is 10.2 Å². The first-order chi connectivity index (χ1) is 11.7. The second kappa shape index (κ2) is 6.04. The quantitative estimate of drug-likeness (QED) is 0.702. The van der Waals surface area contributed by atoms with E-state index in [1.54, 1.807) is 6.33 Å². The summed E-state index contributed by atoms with van der Waals surface area (Å²) in [7, 11) is 0. The summed E-state index contributed by atoms with van der Waals surface area (Å²) in [5.41, 5.74) is 4.54. The summed E-state index contributed by atoms with van der Waals surface area (Å²) in [5.74, 6) is 0.790. The molecule has 0 fully saturated rings. The molecule has 24 heavy (non-hydrogen) atoms. The molecule has 0 atom stereocenters. The number of benzene rings is 2. The molecule has 3 aromatic rings. The van der Waals surface area contributed by atoms with Gasteiger partial charge in [-0.15, -0.1) is 0 Å². The number of fused-ring (bicyclic) bond motifs is 1. The van der Waals surface area contributed by atoms with Crippen LogP contribution in [-0.2, 0) is 0 Å². The molecule has 0 saturated carbocycles. The van der Waals surface area contributed by atoms with Gasteiger partial charge < -0.3 is 4.90 Å². The van der Waals surface area contributed by atoms with Crippen LogP contribution in [0.5, 0.6) is 0 Å². The standard InChI is InChI=1S/C20H18FN3/c1-14-2-7-19-18(12-14)20(23-13-22-19)24-10-8-16(9-11-24)15-3-5-17(21)6-4-15/h2-8,12-13H,9-11H2,1H3. The third kappa shape index (κ3) is 2.75. The largest absolute Gasteiger partial charge is 0.352 e. The average molecular weight is 319 g/mol. The van der Waals surface area contributed by atoms with Gasteiger partial charge in [0.1, 0.15) is 18.0 Å². The number of hydrogen-bond acceptors (Lipinski definition) is 3. The second-order valence-electron chi connectivity index (χ2n) is 6.15. The summed E-state index contributed by atoms with van der Waals surface area (Å²) < 4.78 is 13.1. The predicted molar refractivity (Wildman–Crippen MR) is 95.5 cm³/mol. The van der Waals surface area contributed by atoms with Crippen molar-refractivity contribution in [2.75, 3.05) is 18.0 Å². The molecule has 4 heteroatoms. The Bertz CT molecular complexity index is 916. The SMILES string of the molecule is Cc1ccc2ncnc(N3CC=C(c4ccc(F)cc4)CC3)c2c1. The number of aromatic nitrogens is 2. The fourth-order valence-corrected chi connectivity index (χ4v) is 3.20. The Balaban J connectivity index is 1.64. The molecule has 0 spiro atoms. The molecule has 0 aliphatic carbocycles. The van der Waals surface area contributed by atoms with Crippen LogP contribution in [0, 0.1) is 12.7 Å². The van der Waals surface area contributed by atoms with Gasteiger partial charge in [-0.1, -0.05) is 29.8 Å². The lowest BCUT2D eigenvalue weighted by atomic mass is 9.99. The molecule has 0 radical (unpaired) electrons. The molecule has 1 aliphatic heterocycles. The van der Waals surface area contributed by atoms with Crippen LogP contribution in [0.25, 0.3) is 16.5 Å². The molecule has 0 N–H and O–H groups in total. The van der Waals surface area contributed by atoms with Crippen molar-refractivity contribution in [2.45, 2.75) is 13.3 Å². The Morgan fingerprint density at radius 1 is 1.04 bits per heavy atom. The van der Waals surface area contributed by atoms with Crippen molar-refractivity contribution in [1.82, 2.24) is 9.97 Å². The van der Waals surface area contributed by atoms with Crippen LogP contribution in [0.2, 0.25) is 0 Å². The Morgan fingerprint density at radius 3 is 2.62 bits per heavy atom. The molecule has 0 bridgehead atoms. The summed E-state index contributed by atoms with van der Waals surface area (Å²) in [4.78, 5) is 11.2. The van der Waals surface area contributed by atoms with Gasteiger partial charge in [-0.3, -0.25) is 0 Å². The smallest absolute Gasteiger partial charge is 0.140 e. The normalized spacial score (nSPS) is 14.8. The fourth-order valence-electron chi connectivity index (χ4n) is 3.20. The lowest BCUT2D eigenvalue weighted by Gasteiger charge is -2.28. The van der Waals surface area contributed by atoms with Crippen LogP contribution >= 0.6 is 0 Å². The number of halogens is 1. The minimum Gasteiger partial charge on any atom is -0.352 e. The van der Waals surface area contributed by atoms with Gasteiger partial charge in [0.25, 0.3) is 0 Å². The van der Waals surface area contributed by atoms with Gasteiger partial charge in [0.05, 0.1) is 5.52 Å². The number of rotatable bonds is 2. The zero-order valence-corrected chi connectivity index (χ0v) is 13.5. The highest BCUT2D eigenvalue weighted by Crippen LogP contribution is 2.29. The van der Waals surface area contributed by atoms with E-state index in [0.29, 0.717) is 0 Å². The molecule has 1 aliphatic rings. The van der Waals surface area contributed by atoms with E-state index in [4.69, 9.17) is 0 Å². The molecule has 3 nitrogen and oxygen atoms in total. The van der Waals surface area contributed by atoms with Crippen LogP contribution in [-0.4, -0.2) is 23.1 Å². The zero-order chi connectivity index (χ0) is 16.5. The third-order valence-electron chi connectivity index (χ3n) is 4.49. The van der Waals surface area contributed by atoms with E-state index in [1.807, 2.05) is 18.2 Å². The predicted octanol–water partition coefficient (Wildman–Crippen LogP) is 4.37. The average Bonchev–Trinajstić information content (AvgIpc) is 2.62. The van der Waals surface area contributed by atoms with E-state index in [-0.39, 0.29) is 5.82 Å². The molecule has 0 amide bonds. The maximum absolute atomic E-state index is 13.1. The Labute approximate surface area is 140 Å². The number of nitrogens with zero attached hydrogens (tertiary/aromatic N) is 3. The molecule has 0 saturated heterocycles. The number of hydrogen-bond donors (Lipinski definition) is 0. The lowest BCUT2D eigenvalue weighted by molar-refractivity contribution is 0.627. The van der Waals surface area contributed by atoms with E-state index in [1.165, 1.54) is 23.3 Å². The van der Waals surface area contributed by atoms with Crippen LogP contribution in [0.1, 0.15) is 17.5 Å². The Hall–Kier alpha value is -2.75. The van der Waals surface area contributed by atoms with E-state index < -0.39 is 0 Å². The van der Waals surface area contributed by atoms with E-state index in [0.717, 1.165) is 41.8 Å². The lowest BCUT2D eigenvalue weighted by Crippen LogP contribution is -2.29. The van der Waals surface area contributed by atoms with Crippen molar-refractivity contribution in [3.05, 3.63) is 71.8 Å². The monoisotopic (exact) mass is 319 g/mol. The number of anilines is 1. The van der Waals surface area contributed by atoms with Gasteiger partial charge in [0.2, 0.25) is 0 Å². The summed E-state index contributed by atoms with van der Waals surface area (Å²) in [6.07, 6.45) is 4.76. The van der Waals surface area contributed by atoms with Crippen molar-refractivity contribution >= 4 is 22.3 Å². The zero-order valence-electron chi connectivity index (χ0n) is 13.5. The molecule has 120 valence electrons. The van der Waals surface area contributed by atoms with Crippen LogP contribution < -0.4 is 4.90 Å². The van der Waals surface area contributed by atoms with Crippen molar-refractivity contribution in [3.63, 3.8) is 0 Å². The first kappa shape index (κ1) is 14.8. The molecule has 2 aromatic carbocycles. The van der Waals surface area contributed by atoms with Gasteiger partial charge >= 0.3 is 0 Å². The van der Waals surface area contributed by atoms with Gasteiger partial charge in [0.15, 0.2) is 0 Å². The summed E-state index contributed by atoms with van der Waals surface area (Å²) in [6, 6.07) is 13.0. The number of aryl methyl sites for hydroxylation is 1. The maximum Gasteiger partial charge on any atom is 0.140 e. The third-order valence-corrected chi connectivity index (χ3v) is 4.49. The molecular formula is C20H18FN3. The van der Waals surface area contributed by atoms with E-state index in [9.17, 15) is 4.39 Å². The summed E-state index contributed by atoms with van der Waals surface area (Å²) >= 11 is 0. The van der Waals surface area contributed by atoms with E-state index >= 15 is 0 Å². The molecule has 1 aromatic heterocycles.